The van der Waals surface area contributed by atoms with Crippen LogP contribution in [0.15, 0.2) is 72.8 Å². The number of primary amides is 1. The summed E-state index contributed by atoms with van der Waals surface area (Å²) in [5.74, 6) is -0.348. The number of nitrogens with zero attached hydrogens (tertiary/aromatic N) is 1. The van der Waals surface area contributed by atoms with Crippen molar-refractivity contribution in [2.24, 2.45) is 5.73 Å². The number of nitrogens with two attached hydrogens (primary N) is 1. The van der Waals surface area contributed by atoms with Gasteiger partial charge in [0, 0.05) is 23.7 Å². The maximum atomic E-state index is 12.6. The number of carbonyl (C=O) groups excluding carboxylic acids is 2. The standard InChI is InChI=1S/C31H37N3O2/c1-2-20-34(27-17-18-28-26(22-27)11-8-12-29(28)30(32)35)21-7-6-19-33-31(36)25-15-13-24(14-16-25)23-9-4-3-5-10-23/h3-5,8-16,27H,2,6-7,17-22H2,1H3,(H2,32,35)(H,33,36)/t27-/m0/s1. The highest BCUT2D eigenvalue weighted by atomic mass is 16.2. The van der Waals surface area contributed by atoms with Crippen LogP contribution >= 0.6 is 0 Å². The van der Waals surface area contributed by atoms with Gasteiger partial charge in [0.2, 0.25) is 5.91 Å². The van der Waals surface area contributed by atoms with Crippen molar-refractivity contribution in [1.82, 2.24) is 10.2 Å². The summed E-state index contributed by atoms with van der Waals surface area (Å²) in [6.07, 6.45) is 6.01. The Labute approximate surface area is 214 Å². The number of rotatable bonds is 11. The van der Waals surface area contributed by atoms with Crippen molar-refractivity contribution in [1.29, 1.82) is 0 Å². The Kier molecular flexibility index (Phi) is 8.90. The van der Waals surface area contributed by atoms with Gasteiger partial charge < -0.3 is 16.0 Å². The highest BCUT2D eigenvalue weighted by Gasteiger charge is 2.26. The van der Waals surface area contributed by atoms with Gasteiger partial charge in [-0.05, 0) is 92.1 Å². The summed E-state index contributed by atoms with van der Waals surface area (Å²) < 4.78 is 0. The lowest BCUT2D eigenvalue weighted by Gasteiger charge is -2.35. The molecule has 5 nitrogen and oxygen atoms in total. The molecule has 0 fully saturated rings. The quantitative estimate of drug-likeness (QED) is 0.367. The van der Waals surface area contributed by atoms with Gasteiger partial charge in [0.05, 0.1) is 0 Å². The SMILES string of the molecule is CCCN(CCCCNC(=O)c1ccc(-c2ccccc2)cc1)[C@H]1CCc2c(cccc2C(N)=O)C1. The largest absolute Gasteiger partial charge is 0.366 e. The van der Waals surface area contributed by atoms with E-state index in [2.05, 4.69) is 35.3 Å². The number of carbonyl (C=O) groups is 2. The van der Waals surface area contributed by atoms with Crippen molar-refractivity contribution in [3.8, 4) is 11.1 Å². The van der Waals surface area contributed by atoms with E-state index in [1.807, 2.05) is 54.6 Å². The van der Waals surface area contributed by atoms with Crippen LogP contribution in [0.4, 0.5) is 0 Å². The number of fused-ring (bicyclic) bond motifs is 1. The molecule has 1 atom stereocenters. The van der Waals surface area contributed by atoms with Crippen LogP contribution in [0.2, 0.25) is 0 Å². The van der Waals surface area contributed by atoms with Gasteiger partial charge >= 0.3 is 0 Å². The topological polar surface area (TPSA) is 75.4 Å². The maximum Gasteiger partial charge on any atom is 0.251 e. The maximum absolute atomic E-state index is 12.6. The number of unbranched alkanes of at least 4 members (excludes halogenated alkanes) is 1. The number of amides is 2. The van der Waals surface area contributed by atoms with E-state index in [0.29, 0.717) is 23.7 Å². The van der Waals surface area contributed by atoms with Gasteiger partial charge in [-0.2, -0.15) is 0 Å². The Bertz CT molecular complexity index is 1160. The van der Waals surface area contributed by atoms with Gasteiger partial charge in [-0.3, -0.25) is 9.59 Å². The third-order valence-electron chi connectivity index (χ3n) is 7.16. The number of benzene rings is 3. The molecule has 0 heterocycles. The van der Waals surface area contributed by atoms with Crippen LogP contribution in [0.25, 0.3) is 11.1 Å². The molecule has 1 aliphatic carbocycles. The smallest absolute Gasteiger partial charge is 0.251 e. The summed E-state index contributed by atoms with van der Waals surface area (Å²) in [4.78, 5) is 27.0. The normalized spacial score (nSPS) is 14.9. The van der Waals surface area contributed by atoms with Gasteiger partial charge in [0.25, 0.3) is 5.91 Å². The molecule has 0 bridgehead atoms. The zero-order valence-corrected chi connectivity index (χ0v) is 21.2. The van der Waals surface area contributed by atoms with Crippen molar-refractivity contribution >= 4 is 11.8 Å². The summed E-state index contributed by atoms with van der Waals surface area (Å²) in [5.41, 5.74) is 11.6. The van der Waals surface area contributed by atoms with Crippen LogP contribution in [-0.4, -0.2) is 42.4 Å². The molecule has 0 radical (unpaired) electrons. The molecule has 4 rings (SSSR count). The Hall–Kier alpha value is -3.44. The fourth-order valence-electron chi connectivity index (χ4n) is 5.28. The molecule has 0 spiro atoms. The van der Waals surface area contributed by atoms with Gasteiger partial charge in [-0.25, -0.2) is 0 Å². The van der Waals surface area contributed by atoms with E-state index in [9.17, 15) is 9.59 Å². The molecule has 2 amide bonds. The van der Waals surface area contributed by atoms with Crippen LogP contribution in [0, 0.1) is 0 Å². The first kappa shape index (κ1) is 25.6. The predicted octanol–water partition coefficient (Wildman–Crippen LogP) is 5.23. The molecule has 5 heteroatoms. The van der Waals surface area contributed by atoms with Crippen LogP contribution in [0.5, 0.6) is 0 Å². The fourth-order valence-corrected chi connectivity index (χ4v) is 5.28. The summed E-state index contributed by atoms with van der Waals surface area (Å²) in [6, 6.07) is 24.4. The van der Waals surface area contributed by atoms with Crippen LogP contribution in [0.3, 0.4) is 0 Å². The minimum atomic E-state index is -0.329. The van der Waals surface area contributed by atoms with E-state index in [-0.39, 0.29) is 11.8 Å². The molecule has 3 aromatic rings. The lowest BCUT2D eigenvalue weighted by atomic mass is 9.84. The van der Waals surface area contributed by atoms with Crippen LogP contribution < -0.4 is 11.1 Å². The fraction of sp³-hybridized carbons (Fsp3) is 0.355. The highest BCUT2D eigenvalue weighted by Crippen LogP contribution is 2.27. The minimum Gasteiger partial charge on any atom is -0.366 e. The van der Waals surface area contributed by atoms with E-state index in [0.717, 1.165) is 68.3 Å². The van der Waals surface area contributed by atoms with Crippen molar-refractivity contribution in [2.75, 3.05) is 19.6 Å². The Morgan fingerprint density at radius 1 is 0.917 bits per heavy atom. The molecule has 0 aliphatic heterocycles. The minimum absolute atomic E-state index is 0.0193. The summed E-state index contributed by atoms with van der Waals surface area (Å²) in [5, 5.41) is 3.07. The molecule has 0 saturated heterocycles. The van der Waals surface area contributed by atoms with Crippen molar-refractivity contribution in [2.45, 2.75) is 51.5 Å². The molecule has 188 valence electrons. The Morgan fingerprint density at radius 2 is 1.67 bits per heavy atom. The molecule has 0 saturated carbocycles. The molecule has 0 unspecified atom stereocenters. The molecule has 3 aromatic carbocycles. The van der Waals surface area contributed by atoms with Crippen molar-refractivity contribution in [3.05, 3.63) is 95.1 Å². The van der Waals surface area contributed by atoms with E-state index in [1.54, 1.807) is 0 Å². The van der Waals surface area contributed by atoms with E-state index in [1.165, 1.54) is 5.56 Å². The second-order valence-corrected chi connectivity index (χ2v) is 9.65. The zero-order chi connectivity index (χ0) is 25.3. The first-order chi connectivity index (χ1) is 17.6. The summed E-state index contributed by atoms with van der Waals surface area (Å²) in [7, 11) is 0. The molecular formula is C31H37N3O2. The number of hydrogen-bond acceptors (Lipinski definition) is 3. The summed E-state index contributed by atoms with van der Waals surface area (Å²) in [6.45, 7) is 4.98. The average Bonchev–Trinajstić information content (AvgIpc) is 2.92. The van der Waals surface area contributed by atoms with Gasteiger partial charge in [-0.15, -0.1) is 0 Å². The Morgan fingerprint density at radius 3 is 2.39 bits per heavy atom. The molecule has 0 aromatic heterocycles. The molecule has 36 heavy (non-hydrogen) atoms. The molecule has 1 aliphatic rings. The first-order valence-electron chi connectivity index (χ1n) is 13.1. The molecule has 3 N–H and O–H groups in total. The van der Waals surface area contributed by atoms with E-state index < -0.39 is 0 Å². The van der Waals surface area contributed by atoms with Crippen LogP contribution in [0.1, 0.15) is 64.4 Å². The second-order valence-electron chi connectivity index (χ2n) is 9.65. The Balaban J connectivity index is 1.24. The summed E-state index contributed by atoms with van der Waals surface area (Å²) >= 11 is 0. The van der Waals surface area contributed by atoms with Gasteiger partial charge in [-0.1, -0.05) is 61.5 Å². The van der Waals surface area contributed by atoms with Crippen LogP contribution in [-0.2, 0) is 12.8 Å². The second kappa shape index (κ2) is 12.5. The van der Waals surface area contributed by atoms with Gasteiger partial charge in [0.15, 0.2) is 0 Å². The molecular weight excluding hydrogens is 446 g/mol. The average molecular weight is 484 g/mol. The third-order valence-corrected chi connectivity index (χ3v) is 7.16. The monoisotopic (exact) mass is 483 g/mol. The van der Waals surface area contributed by atoms with E-state index >= 15 is 0 Å². The number of nitrogens with one attached hydrogen (secondary N) is 1. The lowest BCUT2D eigenvalue weighted by Crippen LogP contribution is -2.41. The van der Waals surface area contributed by atoms with Crippen molar-refractivity contribution in [3.63, 3.8) is 0 Å². The van der Waals surface area contributed by atoms with Gasteiger partial charge in [0.1, 0.15) is 0 Å². The highest BCUT2D eigenvalue weighted by molar-refractivity contribution is 5.95. The number of hydrogen-bond donors (Lipinski definition) is 2. The van der Waals surface area contributed by atoms with E-state index in [4.69, 9.17) is 5.73 Å². The predicted molar refractivity (Wildman–Crippen MR) is 146 cm³/mol. The zero-order valence-electron chi connectivity index (χ0n) is 21.2. The van der Waals surface area contributed by atoms with Crippen molar-refractivity contribution < 1.29 is 9.59 Å². The first-order valence-corrected chi connectivity index (χ1v) is 13.1. The third kappa shape index (κ3) is 6.41. The lowest BCUT2D eigenvalue weighted by molar-refractivity contribution is 0.0951.